The largest absolute Gasteiger partial charge is 0.352 e. The fraction of sp³-hybridized carbons (Fsp3) is 0.300. The maximum atomic E-state index is 11.0. The third-order valence-electron chi connectivity index (χ3n) is 1.93. The highest BCUT2D eigenvalue weighted by atomic mass is 16.6. The Balaban J connectivity index is 2.66. The lowest BCUT2D eigenvalue weighted by Gasteiger charge is -2.02. The normalized spacial score (nSPS) is 9.67. The van der Waals surface area contributed by atoms with Crippen LogP contribution < -0.4 is 5.32 Å². The van der Waals surface area contributed by atoms with E-state index in [1.165, 1.54) is 12.1 Å². The first-order valence-corrected chi connectivity index (χ1v) is 4.63. The maximum absolute atomic E-state index is 11.0. The van der Waals surface area contributed by atoms with E-state index in [9.17, 15) is 14.9 Å². The molecule has 0 unspecified atom stereocenters. The van der Waals surface area contributed by atoms with Gasteiger partial charge < -0.3 is 5.32 Å². The predicted molar refractivity (Wildman–Crippen MR) is 55.2 cm³/mol. The lowest BCUT2D eigenvalue weighted by Crippen LogP contribution is -2.21. The third kappa shape index (κ3) is 3.38. The van der Waals surface area contributed by atoms with E-state index in [-0.39, 0.29) is 11.6 Å². The third-order valence-corrected chi connectivity index (χ3v) is 1.93. The van der Waals surface area contributed by atoms with Gasteiger partial charge in [0.05, 0.1) is 4.92 Å². The standard InChI is InChI=1S/C10H12N2O3/c1-2-10(13)11-7-8-4-3-5-9(6-8)12(14)15/h3-6H,2,7H2,1H3,(H,11,13). The molecule has 5 heteroatoms. The van der Waals surface area contributed by atoms with Gasteiger partial charge in [0.15, 0.2) is 0 Å². The monoisotopic (exact) mass is 208 g/mol. The molecule has 0 bridgehead atoms. The van der Waals surface area contributed by atoms with Gasteiger partial charge in [0, 0.05) is 25.1 Å². The number of non-ortho nitro benzene ring substituents is 1. The average Bonchev–Trinajstić information content (AvgIpc) is 2.26. The molecule has 0 radical (unpaired) electrons. The van der Waals surface area contributed by atoms with Gasteiger partial charge >= 0.3 is 0 Å². The molecule has 0 aromatic heterocycles. The van der Waals surface area contributed by atoms with Crippen molar-refractivity contribution in [1.82, 2.24) is 5.32 Å². The number of hydrogen-bond acceptors (Lipinski definition) is 3. The summed E-state index contributed by atoms with van der Waals surface area (Å²) in [6, 6.07) is 6.22. The SMILES string of the molecule is CCC(=O)NCc1cccc([N+](=O)[O-])c1. The van der Waals surface area contributed by atoms with E-state index in [0.717, 1.165) is 5.56 Å². The van der Waals surface area contributed by atoms with E-state index in [0.29, 0.717) is 13.0 Å². The molecular weight excluding hydrogens is 196 g/mol. The maximum Gasteiger partial charge on any atom is 0.269 e. The van der Waals surface area contributed by atoms with Gasteiger partial charge in [0.1, 0.15) is 0 Å². The van der Waals surface area contributed by atoms with Gasteiger partial charge in [-0.3, -0.25) is 14.9 Å². The van der Waals surface area contributed by atoms with Gasteiger partial charge in [-0.1, -0.05) is 19.1 Å². The minimum atomic E-state index is -0.453. The summed E-state index contributed by atoms with van der Waals surface area (Å²) in [5, 5.41) is 13.1. The Kier molecular flexibility index (Phi) is 3.79. The van der Waals surface area contributed by atoms with Gasteiger partial charge in [0.2, 0.25) is 5.91 Å². The van der Waals surface area contributed by atoms with Crippen molar-refractivity contribution in [2.24, 2.45) is 0 Å². The van der Waals surface area contributed by atoms with E-state index in [2.05, 4.69) is 5.32 Å². The number of nitrogens with zero attached hydrogens (tertiary/aromatic N) is 1. The zero-order valence-corrected chi connectivity index (χ0v) is 8.40. The molecule has 0 aliphatic heterocycles. The van der Waals surface area contributed by atoms with Crippen LogP contribution in [0.2, 0.25) is 0 Å². The highest BCUT2D eigenvalue weighted by Crippen LogP contribution is 2.12. The summed E-state index contributed by atoms with van der Waals surface area (Å²) in [5.41, 5.74) is 0.768. The lowest BCUT2D eigenvalue weighted by atomic mass is 10.2. The summed E-state index contributed by atoms with van der Waals surface area (Å²) < 4.78 is 0. The van der Waals surface area contributed by atoms with Gasteiger partial charge in [-0.15, -0.1) is 0 Å². The van der Waals surface area contributed by atoms with Gasteiger partial charge in [-0.05, 0) is 5.56 Å². The Morgan fingerprint density at radius 3 is 2.87 bits per heavy atom. The van der Waals surface area contributed by atoms with Gasteiger partial charge in [-0.25, -0.2) is 0 Å². The first kappa shape index (κ1) is 11.2. The van der Waals surface area contributed by atoms with Crippen molar-refractivity contribution in [3.8, 4) is 0 Å². The molecule has 0 atom stereocenters. The predicted octanol–water partition coefficient (Wildman–Crippen LogP) is 1.62. The molecule has 0 saturated carbocycles. The van der Waals surface area contributed by atoms with Crippen molar-refractivity contribution in [3.05, 3.63) is 39.9 Å². The zero-order chi connectivity index (χ0) is 11.3. The number of nitrogens with one attached hydrogen (secondary N) is 1. The van der Waals surface area contributed by atoms with E-state index >= 15 is 0 Å². The van der Waals surface area contributed by atoms with Crippen LogP contribution in [0.3, 0.4) is 0 Å². The molecule has 0 aliphatic carbocycles. The van der Waals surface area contributed by atoms with Crippen molar-refractivity contribution < 1.29 is 9.72 Å². The van der Waals surface area contributed by atoms with Crippen molar-refractivity contribution in [1.29, 1.82) is 0 Å². The summed E-state index contributed by atoms with van der Waals surface area (Å²) in [5.74, 6) is -0.0680. The summed E-state index contributed by atoms with van der Waals surface area (Å²) in [7, 11) is 0. The molecule has 1 aromatic carbocycles. The summed E-state index contributed by atoms with van der Waals surface area (Å²) >= 11 is 0. The molecule has 1 aromatic rings. The number of nitro benzene ring substituents is 1. The van der Waals surface area contributed by atoms with E-state index in [1.54, 1.807) is 19.1 Å². The first-order valence-electron chi connectivity index (χ1n) is 4.63. The van der Waals surface area contributed by atoms with Crippen molar-refractivity contribution >= 4 is 11.6 Å². The Morgan fingerprint density at radius 1 is 1.53 bits per heavy atom. The van der Waals surface area contributed by atoms with Gasteiger partial charge in [0.25, 0.3) is 5.69 Å². The number of nitro groups is 1. The Bertz CT molecular complexity index is 377. The molecule has 0 aliphatic rings. The van der Waals surface area contributed by atoms with Crippen LogP contribution >= 0.6 is 0 Å². The van der Waals surface area contributed by atoms with Crippen molar-refractivity contribution in [2.45, 2.75) is 19.9 Å². The molecule has 5 nitrogen and oxygen atoms in total. The highest BCUT2D eigenvalue weighted by Gasteiger charge is 2.05. The first-order chi connectivity index (χ1) is 7.13. The molecular formula is C10H12N2O3. The number of amides is 1. The second-order valence-corrected chi connectivity index (χ2v) is 3.06. The molecule has 0 fully saturated rings. The van der Waals surface area contributed by atoms with Crippen molar-refractivity contribution in [3.63, 3.8) is 0 Å². The topological polar surface area (TPSA) is 72.2 Å². The molecule has 80 valence electrons. The van der Waals surface area contributed by atoms with E-state index in [1.807, 2.05) is 0 Å². The highest BCUT2D eigenvalue weighted by molar-refractivity contribution is 5.75. The number of rotatable bonds is 4. The number of carbonyl (C=O) groups excluding carboxylic acids is 1. The van der Waals surface area contributed by atoms with Crippen LogP contribution in [0, 0.1) is 10.1 Å². The van der Waals surface area contributed by atoms with Crippen LogP contribution in [0.25, 0.3) is 0 Å². The molecule has 0 saturated heterocycles. The Hall–Kier alpha value is -1.91. The van der Waals surface area contributed by atoms with Crippen LogP contribution in [0.5, 0.6) is 0 Å². The molecule has 15 heavy (non-hydrogen) atoms. The van der Waals surface area contributed by atoms with Crippen LogP contribution in [0.1, 0.15) is 18.9 Å². The van der Waals surface area contributed by atoms with E-state index in [4.69, 9.17) is 0 Å². The summed E-state index contributed by atoms with van der Waals surface area (Å²) in [6.07, 6.45) is 0.412. The molecule has 0 spiro atoms. The minimum absolute atomic E-state index is 0.0400. The fourth-order valence-electron chi connectivity index (χ4n) is 1.11. The number of carbonyl (C=O) groups is 1. The van der Waals surface area contributed by atoms with E-state index < -0.39 is 4.92 Å². The van der Waals surface area contributed by atoms with Crippen LogP contribution in [-0.2, 0) is 11.3 Å². The smallest absolute Gasteiger partial charge is 0.269 e. The summed E-state index contributed by atoms with van der Waals surface area (Å²) in [6.45, 7) is 2.08. The molecule has 1 N–H and O–H groups in total. The summed E-state index contributed by atoms with van der Waals surface area (Å²) in [4.78, 5) is 21.0. The quantitative estimate of drug-likeness (QED) is 0.603. The van der Waals surface area contributed by atoms with Crippen LogP contribution in [-0.4, -0.2) is 10.8 Å². The van der Waals surface area contributed by atoms with Gasteiger partial charge in [-0.2, -0.15) is 0 Å². The van der Waals surface area contributed by atoms with Crippen molar-refractivity contribution in [2.75, 3.05) is 0 Å². The second kappa shape index (κ2) is 5.09. The fourth-order valence-corrected chi connectivity index (χ4v) is 1.11. The lowest BCUT2D eigenvalue weighted by molar-refractivity contribution is -0.384. The Labute approximate surface area is 87.3 Å². The number of benzene rings is 1. The van der Waals surface area contributed by atoms with Crippen LogP contribution in [0.15, 0.2) is 24.3 Å². The number of hydrogen-bond donors (Lipinski definition) is 1. The van der Waals surface area contributed by atoms with Crippen LogP contribution in [0.4, 0.5) is 5.69 Å². The molecule has 1 amide bonds. The average molecular weight is 208 g/mol. The Morgan fingerprint density at radius 2 is 2.27 bits per heavy atom. The zero-order valence-electron chi connectivity index (χ0n) is 8.40. The second-order valence-electron chi connectivity index (χ2n) is 3.06. The molecule has 0 heterocycles. The minimum Gasteiger partial charge on any atom is -0.352 e. The molecule has 1 rings (SSSR count).